The van der Waals surface area contributed by atoms with Gasteiger partial charge in [0.1, 0.15) is 11.9 Å². The number of likely N-dealkylation sites (N-methyl/N-ethyl adjacent to an activating group) is 1. The van der Waals surface area contributed by atoms with Gasteiger partial charge in [0.25, 0.3) is 5.91 Å². The molecule has 0 aliphatic heterocycles. The summed E-state index contributed by atoms with van der Waals surface area (Å²) >= 11 is 0. The number of rotatable bonds is 5. The van der Waals surface area contributed by atoms with Crippen molar-refractivity contribution in [3.05, 3.63) is 24.2 Å². The van der Waals surface area contributed by atoms with Crippen molar-refractivity contribution in [2.45, 2.75) is 26.5 Å². The molecular formula is C11H17NO3. The molecule has 1 unspecified atom stereocenters. The highest BCUT2D eigenvalue weighted by Gasteiger charge is 2.19. The van der Waals surface area contributed by atoms with Gasteiger partial charge >= 0.3 is 0 Å². The summed E-state index contributed by atoms with van der Waals surface area (Å²) < 4.78 is 10.2. The van der Waals surface area contributed by atoms with Crippen LogP contribution in [0.25, 0.3) is 0 Å². The van der Waals surface area contributed by atoms with Crippen molar-refractivity contribution in [2.75, 3.05) is 13.7 Å². The molecule has 0 aliphatic rings. The lowest BCUT2D eigenvalue weighted by Gasteiger charge is -2.22. The summed E-state index contributed by atoms with van der Waals surface area (Å²) in [5.41, 5.74) is 0. The Labute approximate surface area is 89.8 Å². The van der Waals surface area contributed by atoms with Gasteiger partial charge in [-0.15, -0.1) is 0 Å². The van der Waals surface area contributed by atoms with Crippen LogP contribution in [0.4, 0.5) is 0 Å². The van der Waals surface area contributed by atoms with E-state index in [9.17, 15) is 4.79 Å². The summed E-state index contributed by atoms with van der Waals surface area (Å²) in [6, 6.07) is 3.67. The van der Waals surface area contributed by atoms with Crippen molar-refractivity contribution in [1.29, 1.82) is 0 Å². The van der Waals surface area contributed by atoms with Crippen LogP contribution in [0, 0.1) is 0 Å². The van der Waals surface area contributed by atoms with E-state index >= 15 is 0 Å². The van der Waals surface area contributed by atoms with Crippen molar-refractivity contribution in [2.24, 2.45) is 0 Å². The van der Waals surface area contributed by atoms with E-state index < -0.39 is 6.10 Å². The average Bonchev–Trinajstić information content (AvgIpc) is 2.76. The Morgan fingerprint density at radius 1 is 1.67 bits per heavy atom. The van der Waals surface area contributed by atoms with Gasteiger partial charge in [-0.3, -0.25) is 4.79 Å². The zero-order valence-electron chi connectivity index (χ0n) is 9.40. The van der Waals surface area contributed by atoms with E-state index in [1.165, 1.54) is 7.11 Å². The topological polar surface area (TPSA) is 42.7 Å². The molecule has 0 N–H and O–H groups in total. The van der Waals surface area contributed by atoms with Gasteiger partial charge in [-0.2, -0.15) is 0 Å². The van der Waals surface area contributed by atoms with Gasteiger partial charge in [0.05, 0.1) is 12.8 Å². The molecule has 84 valence electrons. The van der Waals surface area contributed by atoms with E-state index in [1.54, 1.807) is 18.1 Å². The fourth-order valence-corrected chi connectivity index (χ4v) is 1.29. The lowest BCUT2D eigenvalue weighted by Crippen LogP contribution is -2.37. The molecule has 0 saturated heterocycles. The summed E-state index contributed by atoms with van der Waals surface area (Å²) in [5, 5.41) is 0. The third-order valence-corrected chi connectivity index (χ3v) is 2.32. The second-order valence-corrected chi connectivity index (χ2v) is 3.31. The molecule has 1 atom stereocenters. The van der Waals surface area contributed by atoms with E-state index in [-0.39, 0.29) is 5.91 Å². The minimum absolute atomic E-state index is 0.0172. The van der Waals surface area contributed by atoms with Crippen LogP contribution in [0.2, 0.25) is 0 Å². The van der Waals surface area contributed by atoms with E-state index in [1.807, 2.05) is 19.1 Å². The van der Waals surface area contributed by atoms with Crippen molar-refractivity contribution in [1.82, 2.24) is 4.90 Å². The predicted molar refractivity (Wildman–Crippen MR) is 56.3 cm³/mol. The number of ether oxygens (including phenoxy) is 1. The lowest BCUT2D eigenvalue weighted by molar-refractivity contribution is -0.141. The molecule has 1 rings (SSSR count). The maximum absolute atomic E-state index is 11.8. The third-order valence-electron chi connectivity index (χ3n) is 2.32. The molecule has 1 heterocycles. The van der Waals surface area contributed by atoms with Crippen LogP contribution in [0.3, 0.4) is 0 Å². The van der Waals surface area contributed by atoms with Gasteiger partial charge in [0.2, 0.25) is 0 Å². The fourth-order valence-electron chi connectivity index (χ4n) is 1.29. The number of hydrogen-bond donors (Lipinski definition) is 0. The molecule has 0 radical (unpaired) electrons. The minimum Gasteiger partial charge on any atom is -0.467 e. The predicted octanol–water partition coefficient (Wildman–Crippen LogP) is 1.66. The summed E-state index contributed by atoms with van der Waals surface area (Å²) in [6.07, 6.45) is 1.20. The van der Waals surface area contributed by atoms with Crippen LogP contribution in [0.5, 0.6) is 0 Å². The van der Waals surface area contributed by atoms with Gasteiger partial charge in [-0.05, 0) is 26.0 Å². The standard InChI is InChI=1S/C11H17NO3/c1-4-12(11(13)9(2)14-3)8-10-6-5-7-15-10/h5-7,9H,4,8H2,1-3H3. The molecule has 0 fully saturated rings. The first-order valence-electron chi connectivity index (χ1n) is 5.03. The molecular weight excluding hydrogens is 194 g/mol. The Kier molecular flexibility index (Phi) is 4.37. The Morgan fingerprint density at radius 3 is 2.87 bits per heavy atom. The fraction of sp³-hybridized carbons (Fsp3) is 0.545. The monoisotopic (exact) mass is 211 g/mol. The highest BCUT2D eigenvalue weighted by Crippen LogP contribution is 2.07. The maximum atomic E-state index is 11.8. The van der Waals surface area contributed by atoms with Crippen molar-refractivity contribution in [3.8, 4) is 0 Å². The number of carbonyl (C=O) groups excluding carboxylic acids is 1. The minimum atomic E-state index is -0.403. The molecule has 0 aliphatic carbocycles. The first kappa shape index (κ1) is 11.8. The molecule has 0 saturated carbocycles. The van der Waals surface area contributed by atoms with Crippen LogP contribution >= 0.6 is 0 Å². The molecule has 0 aromatic carbocycles. The Hall–Kier alpha value is -1.29. The second-order valence-electron chi connectivity index (χ2n) is 3.31. The van der Waals surface area contributed by atoms with Crippen LogP contribution in [-0.4, -0.2) is 30.6 Å². The smallest absolute Gasteiger partial charge is 0.251 e. The third kappa shape index (κ3) is 3.09. The van der Waals surface area contributed by atoms with Gasteiger partial charge in [-0.1, -0.05) is 0 Å². The molecule has 4 nitrogen and oxygen atoms in total. The zero-order valence-corrected chi connectivity index (χ0v) is 9.40. The Bertz CT molecular complexity index is 295. The second kappa shape index (κ2) is 5.56. The summed E-state index contributed by atoms with van der Waals surface area (Å²) in [7, 11) is 1.53. The van der Waals surface area contributed by atoms with E-state index in [4.69, 9.17) is 9.15 Å². The molecule has 0 spiro atoms. The van der Waals surface area contributed by atoms with E-state index in [0.717, 1.165) is 5.76 Å². The van der Waals surface area contributed by atoms with Crippen LogP contribution in [0.1, 0.15) is 19.6 Å². The summed E-state index contributed by atoms with van der Waals surface area (Å²) in [4.78, 5) is 13.5. The van der Waals surface area contributed by atoms with E-state index in [2.05, 4.69) is 0 Å². The lowest BCUT2D eigenvalue weighted by atomic mass is 10.3. The van der Waals surface area contributed by atoms with Gasteiger partial charge in [0.15, 0.2) is 0 Å². The molecule has 1 amide bonds. The number of methoxy groups -OCH3 is 1. The normalized spacial score (nSPS) is 12.5. The number of hydrogen-bond acceptors (Lipinski definition) is 3. The molecule has 1 aromatic heterocycles. The quantitative estimate of drug-likeness (QED) is 0.744. The highest BCUT2D eigenvalue weighted by atomic mass is 16.5. The Morgan fingerprint density at radius 2 is 2.40 bits per heavy atom. The van der Waals surface area contributed by atoms with Crippen LogP contribution in [-0.2, 0) is 16.1 Å². The van der Waals surface area contributed by atoms with Crippen molar-refractivity contribution in [3.63, 3.8) is 0 Å². The van der Waals surface area contributed by atoms with Crippen molar-refractivity contribution >= 4 is 5.91 Å². The first-order valence-corrected chi connectivity index (χ1v) is 5.03. The average molecular weight is 211 g/mol. The highest BCUT2D eigenvalue weighted by molar-refractivity contribution is 5.80. The largest absolute Gasteiger partial charge is 0.467 e. The summed E-state index contributed by atoms with van der Waals surface area (Å²) in [6.45, 7) is 4.82. The summed E-state index contributed by atoms with van der Waals surface area (Å²) in [5.74, 6) is 0.768. The Balaban J connectivity index is 2.60. The van der Waals surface area contributed by atoms with Gasteiger partial charge in [-0.25, -0.2) is 0 Å². The number of carbonyl (C=O) groups is 1. The molecule has 15 heavy (non-hydrogen) atoms. The first-order chi connectivity index (χ1) is 7.19. The maximum Gasteiger partial charge on any atom is 0.251 e. The number of furan rings is 1. The van der Waals surface area contributed by atoms with Gasteiger partial charge in [0, 0.05) is 13.7 Å². The molecule has 1 aromatic rings. The molecule has 0 bridgehead atoms. The van der Waals surface area contributed by atoms with E-state index in [0.29, 0.717) is 13.1 Å². The van der Waals surface area contributed by atoms with Crippen LogP contribution in [0.15, 0.2) is 22.8 Å². The van der Waals surface area contributed by atoms with Crippen molar-refractivity contribution < 1.29 is 13.9 Å². The van der Waals surface area contributed by atoms with Gasteiger partial charge < -0.3 is 14.1 Å². The number of nitrogens with zero attached hydrogens (tertiary/aromatic N) is 1. The number of amides is 1. The van der Waals surface area contributed by atoms with Crippen LogP contribution < -0.4 is 0 Å². The SMILES string of the molecule is CCN(Cc1ccco1)C(=O)C(C)OC. The zero-order chi connectivity index (χ0) is 11.3. The molecule has 4 heteroatoms.